The van der Waals surface area contributed by atoms with Crippen LogP contribution in [0.1, 0.15) is 10.4 Å². The summed E-state index contributed by atoms with van der Waals surface area (Å²) in [6.07, 6.45) is 0. The molecule has 1 amide bonds. The molecule has 5 nitrogen and oxygen atoms in total. The molecule has 0 aliphatic heterocycles. The highest BCUT2D eigenvalue weighted by molar-refractivity contribution is 9.10. The summed E-state index contributed by atoms with van der Waals surface area (Å²) in [4.78, 5) is 12.1. The van der Waals surface area contributed by atoms with E-state index in [2.05, 4.69) is 47.4 Å². The van der Waals surface area contributed by atoms with Gasteiger partial charge in [-0.1, -0.05) is 43.0 Å². The van der Waals surface area contributed by atoms with Gasteiger partial charge in [0.05, 0.1) is 0 Å². The predicted octanol–water partition coefficient (Wildman–Crippen LogP) is 4.51. The minimum atomic E-state index is -0.313. The Hall–Kier alpha value is -1.99. The molecule has 1 heterocycles. The van der Waals surface area contributed by atoms with Gasteiger partial charge < -0.3 is 4.42 Å². The monoisotopic (exact) mass is 421 g/mol. The van der Waals surface area contributed by atoms with Crippen LogP contribution in [0, 0.1) is 0 Å². The average Bonchev–Trinajstić information content (AvgIpc) is 2.96. The standard InChI is InChI=1S/C15H9Br2N3O2/c16-11-6-4-9(5-7-11)14-19-20-15(22-14)18-13(21)10-2-1-3-12(17)8-10/h1-8H,(H,18,20,21). The smallest absolute Gasteiger partial charge is 0.322 e. The van der Waals surface area contributed by atoms with Crippen LogP contribution in [0.2, 0.25) is 0 Å². The maximum Gasteiger partial charge on any atom is 0.322 e. The van der Waals surface area contributed by atoms with E-state index >= 15 is 0 Å². The van der Waals surface area contributed by atoms with Gasteiger partial charge >= 0.3 is 6.01 Å². The first kappa shape index (κ1) is 14.9. The van der Waals surface area contributed by atoms with Crippen LogP contribution in [0.15, 0.2) is 61.9 Å². The Balaban J connectivity index is 1.77. The summed E-state index contributed by atoms with van der Waals surface area (Å²) in [5, 5.41) is 10.3. The zero-order valence-electron chi connectivity index (χ0n) is 11.1. The van der Waals surface area contributed by atoms with Crippen molar-refractivity contribution in [2.24, 2.45) is 0 Å². The molecule has 0 saturated heterocycles. The topological polar surface area (TPSA) is 68.0 Å². The van der Waals surface area contributed by atoms with Crippen LogP contribution in [-0.2, 0) is 0 Å². The highest BCUT2D eigenvalue weighted by atomic mass is 79.9. The molecule has 3 aromatic rings. The number of carbonyl (C=O) groups is 1. The predicted molar refractivity (Wildman–Crippen MR) is 89.5 cm³/mol. The Morgan fingerprint density at radius 1 is 1.00 bits per heavy atom. The molecule has 1 aromatic heterocycles. The first-order chi connectivity index (χ1) is 10.6. The lowest BCUT2D eigenvalue weighted by molar-refractivity contribution is 0.102. The number of hydrogen-bond donors (Lipinski definition) is 1. The second-order valence-electron chi connectivity index (χ2n) is 4.38. The van der Waals surface area contributed by atoms with Crippen LogP contribution >= 0.6 is 31.9 Å². The van der Waals surface area contributed by atoms with Crippen LogP contribution < -0.4 is 5.32 Å². The molecule has 0 unspecified atom stereocenters. The van der Waals surface area contributed by atoms with Crippen molar-refractivity contribution in [3.05, 3.63) is 63.0 Å². The molecule has 0 atom stereocenters. The lowest BCUT2D eigenvalue weighted by Gasteiger charge is -2.00. The van der Waals surface area contributed by atoms with Gasteiger partial charge in [-0.15, -0.1) is 5.10 Å². The fourth-order valence-corrected chi connectivity index (χ4v) is 2.45. The number of hydrogen-bond acceptors (Lipinski definition) is 4. The van der Waals surface area contributed by atoms with Gasteiger partial charge in [0.15, 0.2) is 0 Å². The number of rotatable bonds is 3. The van der Waals surface area contributed by atoms with Crippen molar-refractivity contribution in [2.45, 2.75) is 0 Å². The molecular formula is C15H9Br2N3O2. The molecule has 0 spiro atoms. The number of halogens is 2. The molecule has 0 fully saturated rings. The van der Waals surface area contributed by atoms with E-state index in [-0.39, 0.29) is 11.9 Å². The second kappa shape index (κ2) is 6.41. The Morgan fingerprint density at radius 3 is 2.50 bits per heavy atom. The van der Waals surface area contributed by atoms with Crippen molar-refractivity contribution in [3.63, 3.8) is 0 Å². The van der Waals surface area contributed by atoms with Gasteiger partial charge in [-0.05, 0) is 42.5 Å². The summed E-state index contributed by atoms with van der Waals surface area (Å²) in [7, 11) is 0. The molecule has 0 aliphatic carbocycles. The first-order valence-electron chi connectivity index (χ1n) is 6.28. The van der Waals surface area contributed by atoms with E-state index in [9.17, 15) is 4.79 Å². The second-order valence-corrected chi connectivity index (χ2v) is 6.22. The summed E-state index contributed by atoms with van der Waals surface area (Å²) in [5.41, 5.74) is 1.27. The number of amides is 1. The normalized spacial score (nSPS) is 10.5. The number of anilines is 1. The van der Waals surface area contributed by atoms with E-state index in [1.165, 1.54) is 0 Å². The Morgan fingerprint density at radius 2 is 1.77 bits per heavy atom. The van der Waals surface area contributed by atoms with Gasteiger partial charge in [0.2, 0.25) is 5.89 Å². The van der Waals surface area contributed by atoms with E-state index in [1.54, 1.807) is 18.2 Å². The molecule has 7 heteroatoms. The van der Waals surface area contributed by atoms with Gasteiger partial charge in [-0.25, -0.2) is 0 Å². The van der Waals surface area contributed by atoms with Crippen LogP contribution in [0.5, 0.6) is 0 Å². The number of benzene rings is 2. The van der Waals surface area contributed by atoms with Crippen molar-refractivity contribution < 1.29 is 9.21 Å². The molecule has 0 aliphatic rings. The number of nitrogens with one attached hydrogen (secondary N) is 1. The van der Waals surface area contributed by atoms with Crippen molar-refractivity contribution in [3.8, 4) is 11.5 Å². The molecule has 0 saturated carbocycles. The molecule has 1 N–H and O–H groups in total. The third-order valence-corrected chi connectivity index (χ3v) is 3.85. The zero-order chi connectivity index (χ0) is 15.5. The quantitative estimate of drug-likeness (QED) is 0.673. The van der Waals surface area contributed by atoms with Gasteiger partial charge in [0, 0.05) is 20.1 Å². The summed E-state index contributed by atoms with van der Waals surface area (Å²) >= 11 is 6.68. The van der Waals surface area contributed by atoms with Gasteiger partial charge in [-0.3, -0.25) is 10.1 Å². The molecule has 110 valence electrons. The van der Waals surface area contributed by atoms with E-state index in [0.29, 0.717) is 11.5 Å². The van der Waals surface area contributed by atoms with Gasteiger partial charge in [0.1, 0.15) is 0 Å². The summed E-state index contributed by atoms with van der Waals surface area (Å²) < 4.78 is 7.23. The zero-order valence-corrected chi connectivity index (χ0v) is 14.3. The first-order valence-corrected chi connectivity index (χ1v) is 7.87. The summed E-state index contributed by atoms with van der Waals surface area (Å²) in [6.45, 7) is 0. The van der Waals surface area contributed by atoms with Crippen molar-refractivity contribution >= 4 is 43.8 Å². The summed E-state index contributed by atoms with van der Waals surface area (Å²) in [5.74, 6) is 0.0318. The number of nitrogens with zero attached hydrogens (tertiary/aromatic N) is 2. The van der Waals surface area contributed by atoms with Gasteiger partial charge in [-0.2, -0.15) is 0 Å². The maximum absolute atomic E-state index is 12.1. The van der Waals surface area contributed by atoms with Crippen LogP contribution in [-0.4, -0.2) is 16.1 Å². The number of carbonyl (C=O) groups excluding carboxylic acids is 1. The van der Waals surface area contributed by atoms with Gasteiger partial charge in [0.25, 0.3) is 5.91 Å². The molecule has 3 rings (SSSR count). The van der Waals surface area contributed by atoms with E-state index in [1.807, 2.05) is 30.3 Å². The van der Waals surface area contributed by atoms with E-state index in [4.69, 9.17) is 4.42 Å². The van der Waals surface area contributed by atoms with E-state index in [0.717, 1.165) is 14.5 Å². The lowest BCUT2D eigenvalue weighted by atomic mass is 10.2. The maximum atomic E-state index is 12.1. The third-order valence-electron chi connectivity index (χ3n) is 2.82. The van der Waals surface area contributed by atoms with Crippen LogP contribution in [0.3, 0.4) is 0 Å². The Labute approximate surface area is 143 Å². The SMILES string of the molecule is O=C(Nc1nnc(-c2ccc(Br)cc2)o1)c1cccc(Br)c1. The average molecular weight is 423 g/mol. The summed E-state index contributed by atoms with van der Waals surface area (Å²) in [6, 6.07) is 14.5. The van der Waals surface area contributed by atoms with Crippen molar-refractivity contribution in [2.75, 3.05) is 5.32 Å². The molecule has 22 heavy (non-hydrogen) atoms. The van der Waals surface area contributed by atoms with Crippen LogP contribution in [0.25, 0.3) is 11.5 Å². The van der Waals surface area contributed by atoms with E-state index < -0.39 is 0 Å². The van der Waals surface area contributed by atoms with Crippen LogP contribution in [0.4, 0.5) is 6.01 Å². The molecule has 0 bridgehead atoms. The number of aromatic nitrogens is 2. The highest BCUT2D eigenvalue weighted by Crippen LogP contribution is 2.22. The van der Waals surface area contributed by atoms with Crippen molar-refractivity contribution in [1.29, 1.82) is 0 Å². The third kappa shape index (κ3) is 3.42. The lowest BCUT2D eigenvalue weighted by Crippen LogP contribution is -2.11. The Kier molecular flexibility index (Phi) is 4.35. The Bertz CT molecular complexity index is 816. The molecule has 0 radical (unpaired) electrons. The fraction of sp³-hybridized carbons (Fsp3) is 0. The largest absolute Gasteiger partial charge is 0.403 e. The fourth-order valence-electron chi connectivity index (χ4n) is 1.78. The minimum Gasteiger partial charge on any atom is -0.403 e. The highest BCUT2D eigenvalue weighted by Gasteiger charge is 2.12. The minimum absolute atomic E-state index is 0.0582. The van der Waals surface area contributed by atoms with Crippen molar-refractivity contribution in [1.82, 2.24) is 10.2 Å². The molecular weight excluding hydrogens is 414 g/mol. The molecule has 2 aromatic carbocycles.